The first-order valence-electron chi connectivity index (χ1n) is 6.43. The molecule has 3 nitrogen and oxygen atoms in total. The minimum atomic E-state index is -0.719. The first-order valence-corrected chi connectivity index (χ1v) is 6.43. The molecule has 0 aliphatic rings. The highest BCUT2D eigenvalue weighted by atomic mass is 16.3. The lowest BCUT2D eigenvalue weighted by atomic mass is 10.0. The largest absolute Gasteiger partial charge is 0.394 e. The van der Waals surface area contributed by atoms with Crippen LogP contribution >= 0.6 is 0 Å². The molecular formula is C16H19NO2. The number of hydrogen-bond donors (Lipinski definition) is 3. The Bertz CT molecular complexity index is 482. The standard InChI is InChI=1S/C16H19NO2/c18-12-16(19)11-17-15-8-6-14(7-9-15)10-13-4-2-1-3-5-13/h1-9,16-19H,10-12H2. The number of anilines is 1. The third-order valence-corrected chi connectivity index (χ3v) is 2.96. The molecule has 0 aliphatic heterocycles. The van der Waals surface area contributed by atoms with Crippen molar-refractivity contribution in [3.63, 3.8) is 0 Å². The van der Waals surface area contributed by atoms with Gasteiger partial charge in [0.05, 0.1) is 12.7 Å². The molecule has 1 atom stereocenters. The van der Waals surface area contributed by atoms with E-state index >= 15 is 0 Å². The number of nitrogens with one attached hydrogen (secondary N) is 1. The number of hydrogen-bond acceptors (Lipinski definition) is 3. The lowest BCUT2D eigenvalue weighted by molar-refractivity contribution is 0.105. The molecule has 0 bridgehead atoms. The lowest BCUT2D eigenvalue weighted by Crippen LogP contribution is -2.22. The normalized spacial score (nSPS) is 12.1. The Kier molecular flexibility index (Phi) is 4.95. The highest BCUT2D eigenvalue weighted by Crippen LogP contribution is 2.13. The minimum absolute atomic E-state index is 0.223. The van der Waals surface area contributed by atoms with Gasteiger partial charge >= 0.3 is 0 Å². The van der Waals surface area contributed by atoms with E-state index in [4.69, 9.17) is 5.11 Å². The van der Waals surface area contributed by atoms with Crippen LogP contribution in [0.4, 0.5) is 5.69 Å². The molecule has 0 saturated carbocycles. The van der Waals surface area contributed by atoms with Crippen molar-refractivity contribution in [2.24, 2.45) is 0 Å². The van der Waals surface area contributed by atoms with Crippen LogP contribution in [-0.4, -0.2) is 29.5 Å². The molecule has 0 aromatic heterocycles. The molecule has 3 N–H and O–H groups in total. The van der Waals surface area contributed by atoms with Crippen LogP contribution in [-0.2, 0) is 6.42 Å². The SMILES string of the molecule is OCC(O)CNc1ccc(Cc2ccccc2)cc1. The molecule has 0 heterocycles. The van der Waals surface area contributed by atoms with Crippen molar-refractivity contribution in [3.8, 4) is 0 Å². The zero-order valence-electron chi connectivity index (χ0n) is 10.8. The second-order valence-corrected chi connectivity index (χ2v) is 4.58. The second kappa shape index (κ2) is 6.92. The summed E-state index contributed by atoms with van der Waals surface area (Å²) in [7, 11) is 0. The second-order valence-electron chi connectivity index (χ2n) is 4.58. The molecule has 2 rings (SSSR count). The van der Waals surface area contributed by atoms with E-state index in [0.717, 1.165) is 12.1 Å². The summed E-state index contributed by atoms with van der Waals surface area (Å²) in [4.78, 5) is 0. The van der Waals surface area contributed by atoms with Gasteiger partial charge in [0.25, 0.3) is 0 Å². The molecule has 0 amide bonds. The highest BCUT2D eigenvalue weighted by Gasteiger charge is 2.01. The maximum Gasteiger partial charge on any atom is 0.0942 e. The van der Waals surface area contributed by atoms with E-state index in [-0.39, 0.29) is 6.61 Å². The molecule has 0 fully saturated rings. The highest BCUT2D eigenvalue weighted by molar-refractivity contribution is 5.45. The number of rotatable bonds is 6. The Balaban J connectivity index is 1.91. The van der Waals surface area contributed by atoms with E-state index in [1.807, 2.05) is 30.3 Å². The number of benzene rings is 2. The van der Waals surface area contributed by atoms with Crippen LogP contribution in [0.5, 0.6) is 0 Å². The average molecular weight is 257 g/mol. The summed E-state index contributed by atoms with van der Waals surface area (Å²) < 4.78 is 0. The summed E-state index contributed by atoms with van der Waals surface area (Å²) in [5, 5.41) is 21.1. The topological polar surface area (TPSA) is 52.5 Å². The van der Waals surface area contributed by atoms with Gasteiger partial charge in [-0.3, -0.25) is 0 Å². The Morgan fingerprint density at radius 3 is 2.16 bits per heavy atom. The summed E-state index contributed by atoms with van der Waals surface area (Å²) in [6, 6.07) is 18.5. The predicted octanol–water partition coefficient (Wildman–Crippen LogP) is 2.04. The molecule has 2 aromatic carbocycles. The zero-order chi connectivity index (χ0) is 13.5. The molecular weight excluding hydrogens is 238 g/mol. The van der Waals surface area contributed by atoms with Crippen molar-refractivity contribution in [1.82, 2.24) is 0 Å². The molecule has 19 heavy (non-hydrogen) atoms. The van der Waals surface area contributed by atoms with E-state index in [0.29, 0.717) is 6.54 Å². The van der Waals surface area contributed by atoms with Gasteiger partial charge in [-0.25, -0.2) is 0 Å². The van der Waals surface area contributed by atoms with Crippen LogP contribution in [0.1, 0.15) is 11.1 Å². The minimum Gasteiger partial charge on any atom is -0.394 e. The first-order chi connectivity index (χ1) is 9.28. The van der Waals surface area contributed by atoms with Crippen molar-refractivity contribution in [3.05, 3.63) is 65.7 Å². The van der Waals surface area contributed by atoms with Crippen molar-refractivity contribution in [2.75, 3.05) is 18.5 Å². The van der Waals surface area contributed by atoms with E-state index in [1.165, 1.54) is 11.1 Å². The fraction of sp³-hybridized carbons (Fsp3) is 0.250. The summed E-state index contributed by atoms with van der Waals surface area (Å²) in [5.41, 5.74) is 3.49. The number of aliphatic hydroxyl groups is 2. The van der Waals surface area contributed by atoms with Crippen LogP contribution in [0.25, 0.3) is 0 Å². The van der Waals surface area contributed by atoms with Crippen molar-refractivity contribution in [1.29, 1.82) is 0 Å². The maximum absolute atomic E-state index is 9.26. The Labute approximate surface area is 113 Å². The van der Waals surface area contributed by atoms with Gasteiger partial charge in [-0.05, 0) is 29.7 Å². The third-order valence-electron chi connectivity index (χ3n) is 2.96. The van der Waals surface area contributed by atoms with Crippen LogP contribution in [0, 0.1) is 0 Å². The Morgan fingerprint density at radius 1 is 0.895 bits per heavy atom. The fourth-order valence-corrected chi connectivity index (χ4v) is 1.87. The molecule has 3 heteroatoms. The molecule has 0 aliphatic carbocycles. The van der Waals surface area contributed by atoms with Crippen molar-refractivity contribution < 1.29 is 10.2 Å². The van der Waals surface area contributed by atoms with Gasteiger partial charge in [-0.2, -0.15) is 0 Å². The summed E-state index contributed by atoms with van der Waals surface area (Å²) in [6.45, 7) is 0.133. The molecule has 2 aromatic rings. The van der Waals surface area contributed by atoms with E-state index in [9.17, 15) is 5.11 Å². The van der Waals surface area contributed by atoms with Gasteiger partial charge in [0.1, 0.15) is 0 Å². The van der Waals surface area contributed by atoms with Gasteiger partial charge in [-0.15, -0.1) is 0 Å². The maximum atomic E-state index is 9.26. The van der Waals surface area contributed by atoms with Gasteiger partial charge in [0.2, 0.25) is 0 Å². The Hall–Kier alpha value is -1.84. The molecule has 0 radical (unpaired) electrons. The lowest BCUT2D eigenvalue weighted by Gasteiger charge is -2.10. The van der Waals surface area contributed by atoms with E-state index in [2.05, 4.69) is 29.6 Å². The van der Waals surface area contributed by atoms with Gasteiger partial charge in [0.15, 0.2) is 0 Å². The Morgan fingerprint density at radius 2 is 1.53 bits per heavy atom. The molecule has 0 spiro atoms. The summed E-state index contributed by atoms with van der Waals surface area (Å²) in [5.74, 6) is 0. The third kappa shape index (κ3) is 4.39. The van der Waals surface area contributed by atoms with E-state index in [1.54, 1.807) is 0 Å². The first kappa shape index (κ1) is 13.6. The van der Waals surface area contributed by atoms with Gasteiger partial charge in [0, 0.05) is 12.2 Å². The van der Waals surface area contributed by atoms with Crippen LogP contribution in [0.2, 0.25) is 0 Å². The average Bonchev–Trinajstić information content (AvgIpc) is 2.47. The van der Waals surface area contributed by atoms with Crippen LogP contribution in [0.3, 0.4) is 0 Å². The molecule has 0 saturated heterocycles. The van der Waals surface area contributed by atoms with Crippen molar-refractivity contribution >= 4 is 5.69 Å². The van der Waals surface area contributed by atoms with Gasteiger partial charge < -0.3 is 15.5 Å². The van der Waals surface area contributed by atoms with Crippen LogP contribution in [0.15, 0.2) is 54.6 Å². The van der Waals surface area contributed by atoms with Crippen LogP contribution < -0.4 is 5.32 Å². The quantitative estimate of drug-likeness (QED) is 0.742. The molecule has 1 unspecified atom stereocenters. The monoisotopic (exact) mass is 257 g/mol. The van der Waals surface area contributed by atoms with Crippen molar-refractivity contribution in [2.45, 2.75) is 12.5 Å². The smallest absolute Gasteiger partial charge is 0.0942 e. The zero-order valence-corrected chi connectivity index (χ0v) is 10.8. The fourth-order valence-electron chi connectivity index (χ4n) is 1.87. The van der Waals surface area contributed by atoms with Gasteiger partial charge in [-0.1, -0.05) is 42.5 Å². The molecule has 100 valence electrons. The summed E-state index contributed by atoms with van der Waals surface area (Å²) >= 11 is 0. The summed E-state index contributed by atoms with van der Waals surface area (Å²) in [6.07, 6.45) is 0.199. The predicted molar refractivity (Wildman–Crippen MR) is 77.3 cm³/mol. The number of aliphatic hydroxyl groups excluding tert-OH is 2. The van der Waals surface area contributed by atoms with E-state index < -0.39 is 6.10 Å².